The topological polar surface area (TPSA) is 154 Å². The Balaban J connectivity index is 1.29. The lowest BCUT2D eigenvalue weighted by Gasteiger charge is -2.12. The number of hydrogen-bond donors (Lipinski definition) is 2. The molecule has 41 heavy (non-hydrogen) atoms. The van der Waals surface area contributed by atoms with E-state index in [4.69, 9.17) is 5.73 Å². The second-order valence-electron chi connectivity index (χ2n) is 9.75. The second-order valence-corrected chi connectivity index (χ2v) is 14.9. The van der Waals surface area contributed by atoms with Crippen LogP contribution in [0, 0.1) is 0 Å². The number of fused-ring (bicyclic) bond motifs is 1. The zero-order valence-electron chi connectivity index (χ0n) is 21.6. The molecule has 2 aromatic carbocycles. The molecule has 5 aromatic rings. The number of ketones is 1. The Morgan fingerprint density at radius 3 is 2.41 bits per heavy atom. The number of nitrogens with two attached hydrogens (primary N) is 1. The molecular formula is C28H25N5O5S3. The maximum absolute atomic E-state index is 13.7. The van der Waals surface area contributed by atoms with Gasteiger partial charge in [-0.3, -0.25) is 9.52 Å². The molecule has 6 rings (SSSR count). The van der Waals surface area contributed by atoms with Gasteiger partial charge < -0.3 is 10.3 Å². The first-order chi connectivity index (χ1) is 19.6. The Hall–Kier alpha value is -4.07. The SMILES string of the molecule is Nc1ncnc2c1c(C(=O)c1cccc(NS(=O)(=O)c3ccc(S(=O)(=O)c4ccccc4)s3)c1)cn2C1CCCC1. The molecule has 1 aliphatic carbocycles. The monoisotopic (exact) mass is 607 g/mol. The largest absolute Gasteiger partial charge is 0.383 e. The van der Waals surface area contributed by atoms with Crippen LogP contribution in [0.2, 0.25) is 0 Å². The van der Waals surface area contributed by atoms with Crippen LogP contribution >= 0.6 is 11.3 Å². The fourth-order valence-corrected chi connectivity index (χ4v) is 9.37. The molecule has 1 fully saturated rings. The molecule has 0 saturated heterocycles. The third-order valence-electron chi connectivity index (χ3n) is 7.12. The molecule has 13 heteroatoms. The van der Waals surface area contributed by atoms with Gasteiger partial charge in [-0.2, -0.15) is 0 Å². The molecule has 0 unspecified atom stereocenters. The standard InChI is InChI=1S/C28H25N5O5S3/c29-27-25-22(16-33(20-9-4-5-10-20)28(25)31-17-30-27)26(34)18-7-6-8-19(15-18)32-41(37,38)24-14-13-23(39-24)40(35,36)21-11-2-1-3-12-21/h1-3,6-8,11-17,20,32H,4-5,9-10H2,(H2,29,30,31). The average molecular weight is 608 g/mol. The van der Waals surface area contributed by atoms with Crippen LogP contribution < -0.4 is 10.5 Å². The van der Waals surface area contributed by atoms with Crippen molar-refractivity contribution in [1.82, 2.24) is 14.5 Å². The van der Waals surface area contributed by atoms with Crippen LogP contribution in [-0.2, 0) is 19.9 Å². The van der Waals surface area contributed by atoms with Gasteiger partial charge in [-0.1, -0.05) is 43.2 Å². The van der Waals surface area contributed by atoms with Crippen LogP contribution in [0.25, 0.3) is 11.0 Å². The summed E-state index contributed by atoms with van der Waals surface area (Å²) < 4.78 is 56.4. The number of nitrogens with zero attached hydrogens (tertiary/aromatic N) is 3. The zero-order valence-corrected chi connectivity index (χ0v) is 24.0. The summed E-state index contributed by atoms with van der Waals surface area (Å²) in [5.74, 6) is -0.146. The highest BCUT2D eigenvalue weighted by Crippen LogP contribution is 2.36. The summed E-state index contributed by atoms with van der Waals surface area (Å²) >= 11 is 0.650. The van der Waals surface area contributed by atoms with Gasteiger partial charge in [0.2, 0.25) is 9.84 Å². The molecule has 10 nitrogen and oxygen atoms in total. The van der Waals surface area contributed by atoms with Gasteiger partial charge in [-0.25, -0.2) is 26.8 Å². The first-order valence-corrected chi connectivity index (χ1v) is 16.6. The Morgan fingerprint density at radius 2 is 1.66 bits per heavy atom. The molecule has 0 atom stereocenters. The maximum Gasteiger partial charge on any atom is 0.271 e. The van der Waals surface area contributed by atoms with Gasteiger partial charge in [0.05, 0.1) is 15.8 Å². The van der Waals surface area contributed by atoms with E-state index in [0.29, 0.717) is 27.9 Å². The van der Waals surface area contributed by atoms with Gasteiger partial charge in [0, 0.05) is 23.5 Å². The Kier molecular flexibility index (Phi) is 6.88. The molecule has 3 heterocycles. The fourth-order valence-electron chi connectivity index (χ4n) is 5.13. The molecule has 0 aliphatic heterocycles. The van der Waals surface area contributed by atoms with Crippen LogP contribution in [0.4, 0.5) is 11.5 Å². The summed E-state index contributed by atoms with van der Waals surface area (Å²) in [5.41, 5.74) is 7.53. The highest BCUT2D eigenvalue weighted by Gasteiger charge is 2.27. The number of sulfone groups is 1. The number of anilines is 2. The van der Waals surface area contributed by atoms with Crippen molar-refractivity contribution in [2.24, 2.45) is 0 Å². The van der Waals surface area contributed by atoms with E-state index in [1.165, 1.54) is 42.7 Å². The highest BCUT2D eigenvalue weighted by molar-refractivity contribution is 7.96. The van der Waals surface area contributed by atoms with Crippen molar-refractivity contribution in [3.63, 3.8) is 0 Å². The smallest absolute Gasteiger partial charge is 0.271 e. The van der Waals surface area contributed by atoms with E-state index >= 15 is 0 Å². The van der Waals surface area contributed by atoms with Gasteiger partial charge in [0.1, 0.15) is 26.2 Å². The van der Waals surface area contributed by atoms with E-state index in [1.54, 1.807) is 36.5 Å². The highest BCUT2D eigenvalue weighted by atomic mass is 32.3. The van der Waals surface area contributed by atoms with Gasteiger partial charge in [0.25, 0.3) is 10.0 Å². The summed E-state index contributed by atoms with van der Waals surface area (Å²) in [6, 6.07) is 16.7. The van der Waals surface area contributed by atoms with Crippen LogP contribution in [0.3, 0.4) is 0 Å². The number of hydrogen-bond acceptors (Lipinski definition) is 9. The number of nitrogens with one attached hydrogen (secondary N) is 1. The van der Waals surface area contributed by atoms with Crippen molar-refractivity contribution >= 4 is 59.5 Å². The molecule has 3 aromatic heterocycles. The van der Waals surface area contributed by atoms with E-state index in [9.17, 15) is 21.6 Å². The number of aromatic nitrogens is 3. The Bertz CT molecular complexity index is 2000. The van der Waals surface area contributed by atoms with Gasteiger partial charge in [-0.15, -0.1) is 11.3 Å². The van der Waals surface area contributed by atoms with Crippen LogP contribution in [0.15, 0.2) is 92.6 Å². The van der Waals surface area contributed by atoms with E-state index in [2.05, 4.69) is 14.7 Å². The summed E-state index contributed by atoms with van der Waals surface area (Å²) in [7, 11) is -8.01. The molecule has 210 valence electrons. The normalized spacial score (nSPS) is 14.4. The minimum Gasteiger partial charge on any atom is -0.383 e. The lowest BCUT2D eigenvalue weighted by atomic mass is 10.0. The van der Waals surface area contributed by atoms with Crippen molar-refractivity contribution in [2.45, 2.75) is 45.0 Å². The maximum atomic E-state index is 13.7. The lowest BCUT2D eigenvalue weighted by molar-refractivity contribution is 0.104. The number of rotatable bonds is 8. The van der Waals surface area contributed by atoms with Crippen molar-refractivity contribution in [1.29, 1.82) is 0 Å². The van der Waals surface area contributed by atoms with Gasteiger partial charge in [-0.05, 0) is 49.2 Å². The molecule has 0 radical (unpaired) electrons. The summed E-state index contributed by atoms with van der Waals surface area (Å²) in [6.07, 6.45) is 7.31. The summed E-state index contributed by atoms with van der Waals surface area (Å²) in [4.78, 5) is 22.3. The Morgan fingerprint density at radius 1 is 0.927 bits per heavy atom. The second kappa shape index (κ2) is 10.4. The third-order valence-corrected chi connectivity index (χ3v) is 12.3. The van der Waals surface area contributed by atoms with Crippen molar-refractivity contribution < 1.29 is 21.6 Å². The molecule has 0 amide bonds. The fraction of sp³-hybridized carbons (Fsp3) is 0.179. The summed E-state index contributed by atoms with van der Waals surface area (Å²) in [6.45, 7) is 0. The first kappa shape index (κ1) is 27.1. The minimum absolute atomic E-state index is 0.0743. The summed E-state index contributed by atoms with van der Waals surface area (Å²) in [5, 5.41) is 0.473. The van der Waals surface area contributed by atoms with E-state index < -0.39 is 19.9 Å². The van der Waals surface area contributed by atoms with E-state index in [-0.39, 0.29) is 42.2 Å². The molecule has 3 N–H and O–H groups in total. The van der Waals surface area contributed by atoms with Gasteiger partial charge in [0.15, 0.2) is 5.78 Å². The number of nitrogen functional groups attached to an aromatic ring is 1. The first-order valence-electron chi connectivity index (χ1n) is 12.8. The number of thiophene rings is 1. The molecule has 0 spiro atoms. The van der Waals surface area contributed by atoms with Crippen LogP contribution in [-0.4, -0.2) is 37.2 Å². The minimum atomic E-state index is -4.14. The Labute approximate surface area is 240 Å². The third kappa shape index (κ3) is 5.00. The van der Waals surface area contributed by atoms with E-state index in [1.807, 2.05) is 4.57 Å². The molecular weight excluding hydrogens is 583 g/mol. The number of carbonyl (C=O) groups excluding carboxylic acids is 1. The number of carbonyl (C=O) groups is 1. The quantitative estimate of drug-likeness (QED) is 0.232. The predicted molar refractivity (Wildman–Crippen MR) is 156 cm³/mol. The van der Waals surface area contributed by atoms with Crippen LogP contribution in [0.1, 0.15) is 47.6 Å². The van der Waals surface area contributed by atoms with E-state index in [0.717, 1.165) is 25.7 Å². The van der Waals surface area contributed by atoms with Crippen molar-refractivity contribution in [3.8, 4) is 0 Å². The molecule has 1 aliphatic rings. The zero-order chi connectivity index (χ0) is 28.8. The number of benzene rings is 2. The number of sulfonamides is 1. The van der Waals surface area contributed by atoms with Crippen molar-refractivity contribution in [3.05, 3.63) is 90.4 Å². The predicted octanol–water partition coefficient (Wildman–Crippen LogP) is 5.05. The van der Waals surface area contributed by atoms with Gasteiger partial charge >= 0.3 is 0 Å². The lowest BCUT2D eigenvalue weighted by Crippen LogP contribution is -2.12. The van der Waals surface area contributed by atoms with Crippen LogP contribution in [0.5, 0.6) is 0 Å². The molecule has 1 saturated carbocycles. The average Bonchev–Trinajstić information content (AvgIpc) is 3.74. The molecule has 0 bridgehead atoms. The van der Waals surface area contributed by atoms with Crippen molar-refractivity contribution in [2.75, 3.05) is 10.5 Å².